The van der Waals surface area contributed by atoms with Gasteiger partial charge in [0.15, 0.2) is 0 Å². The van der Waals surface area contributed by atoms with E-state index in [1.807, 2.05) is 0 Å². The summed E-state index contributed by atoms with van der Waals surface area (Å²) in [5.74, 6) is -1.15. The van der Waals surface area contributed by atoms with Crippen LogP contribution in [0.4, 0.5) is 4.79 Å². The summed E-state index contributed by atoms with van der Waals surface area (Å²) in [5.41, 5.74) is 0.723. The number of carboxylic acid groups (broad SMARTS) is 1. The number of hydrogen-bond acceptors (Lipinski definition) is 5. The highest BCUT2D eigenvalue weighted by Gasteiger charge is 2.38. The first-order valence-corrected chi connectivity index (χ1v) is 7.11. The monoisotopic (exact) mass is 311 g/mol. The van der Waals surface area contributed by atoms with Gasteiger partial charge in [0.25, 0.3) is 0 Å². The van der Waals surface area contributed by atoms with Crippen molar-refractivity contribution in [2.24, 2.45) is 13.0 Å². The molecule has 2 heterocycles. The predicted octanol–water partition coefficient (Wildman–Crippen LogP) is -0.339. The number of amides is 2. The molecule has 9 heteroatoms. The highest BCUT2D eigenvalue weighted by Crippen LogP contribution is 2.33. The Balaban J connectivity index is 2.04. The van der Waals surface area contributed by atoms with Gasteiger partial charge < -0.3 is 20.1 Å². The number of hydrogen-bond donors (Lipinski definition) is 2. The van der Waals surface area contributed by atoms with E-state index in [1.165, 1.54) is 0 Å². The van der Waals surface area contributed by atoms with E-state index in [-0.39, 0.29) is 24.3 Å². The molecule has 1 aliphatic rings. The largest absolute Gasteiger partial charge is 0.481 e. The first kappa shape index (κ1) is 16.2. The molecule has 2 atom stereocenters. The normalized spacial score (nSPS) is 21.1. The van der Waals surface area contributed by atoms with Crippen LogP contribution < -0.4 is 5.32 Å². The number of likely N-dealkylation sites (tertiary alicyclic amines) is 1. The molecule has 0 aromatic carbocycles. The Morgan fingerprint density at radius 1 is 1.50 bits per heavy atom. The predicted molar refractivity (Wildman–Crippen MR) is 76.3 cm³/mol. The molecule has 0 aliphatic carbocycles. The topological polar surface area (TPSA) is 110 Å². The SMILES string of the molecule is COCCNC(=O)N1C[C@H](CC(=O)O)[C@H](c2cn(C)nn2)C1. The molecule has 9 nitrogen and oxygen atoms in total. The van der Waals surface area contributed by atoms with Gasteiger partial charge in [0.2, 0.25) is 0 Å². The van der Waals surface area contributed by atoms with E-state index in [1.54, 1.807) is 29.9 Å². The van der Waals surface area contributed by atoms with Crippen LogP contribution in [-0.4, -0.2) is 70.4 Å². The lowest BCUT2D eigenvalue weighted by molar-refractivity contribution is -0.138. The minimum absolute atomic E-state index is 0.00307. The molecule has 2 N–H and O–H groups in total. The molecule has 0 radical (unpaired) electrons. The average Bonchev–Trinajstić information content (AvgIpc) is 3.04. The smallest absolute Gasteiger partial charge is 0.317 e. The van der Waals surface area contributed by atoms with E-state index in [4.69, 9.17) is 9.84 Å². The van der Waals surface area contributed by atoms with Crippen LogP contribution in [0, 0.1) is 5.92 Å². The summed E-state index contributed by atoms with van der Waals surface area (Å²) < 4.78 is 6.47. The third-order valence-electron chi connectivity index (χ3n) is 3.75. The van der Waals surface area contributed by atoms with Gasteiger partial charge in [0, 0.05) is 45.9 Å². The first-order valence-electron chi connectivity index (χ1n) is 7.11. The molecule has 0 spiro atoms. The molecular formula is C13H21N5O4. The minimum Gasteiger partial charge on any atom is -0.481 e. The number of aryl methyl sites for hydroxylation is 1. The fraction of sp³-hybridized carbons (Fsp3) is 0.692. The first-order chi connectivity index (χ1) is 10.5. The van der Waals surface area contributed by atoms with E-state index >= 15 is 0 Å². The number of aromatic nitrogens is 3. The number of urea groups is 1. The highest BCUT2D eigenvalue weighted by molar-refractivity contribution is 5.75. The Morgan fingerprint density at radius 3 is 2.86 bits per heavy atom. The summed E-state index contributed by atoms with van der Waals surface area (Å²) >= 11 is 0. The molecule has 1 aliphatic heterocycles. The Labute approximate surface area is 128 Å². The van der Waals surface area contributed by atoms with Crippen molar-refractivity contribution in [3.8, 4) is 0 Å². The van der Waals surface area contributed by atoms with E-state index in [0.29, 0.717) is 26.2 Å². The second-order valence-corrected chi connectivity index (χ2v) is 5.41. The molecule has 122 valence electrons. The summed E-state index contributed by atoms with van der Waals surface area (Å²) in [6.45, 7) is 1.69. The van der Waals surface area contributed by atoms with E-state index in [0.717, 1.165) is 5.69 Å². The Kier molecular flexibility index (Phi) is 5.31. The van der Waals surface area contributed by atoms with Crippen LogP contribution in [0.3, 0.4) is 0 Å². The van der Waals surface area contributed by atoms with Gasteiger partial charge in [0.1, 0.15) is 0 Å². The van der Waals surface area contributed by atoms with Gasteiger partial charge in [-0.2, -0.15) is 0 Å². The molecule has 1 fully saturated rings. The fourth-order valence-corrected chi connectivity index (χ4v) is 2.71. The number of carboxylic acids is 1. The molecule has 1 aromatic rings. The third kappa shape index (κ3) is 3.94. The molecular weight excluding hydrogens is 290 g/mol. The van der Waals surface area contributed by atoms with Crippen LogP contribution in [0.15, 0.2) is 6.20 Å². The summed E-state index contributed by atoms with van der Waals surface area (Å²) in [7, 11) is 3.32. The van der Waals surface area contributed by atoms with Crippen molar-refractivity contribution in [1.29, 1.82) is 0 Å². The number of nitrogens with one attached hydrogen (secondary N) is 1. The third-order valence-corrected chi connectivity index (χ3v) is 3.75. The molecule has 0 unspecified atom stereocenters. The molecule has 0 bridgehead atoms. The van der Waals surface area contributed by atoms with Gasteiger partial charge in [-0.25, -0.2) is 4.79 Å². The second kappa shape index (κ2) is 7.21. The van der Waals surface area contributed by atoms with Crippen LogP contribution in [0.5, 0.6) is 0 Å². The van der Waals surface area contributed by atoms with Gasteiger partial charge in [-0.1, -0.05) is 5.21 Å². The number of nitrogens with zero attached hydrogens (tertiary/aromatic N) is 4. The van der Waals surface area contributed by atoms with Gasteiger partial charge in [-0.3, -0.25) is 9.48 Å². The van der Waals surface area contributed by atoms with Crippen molar-refractivity contribution in [2.45, 2.75) is 12.3 Å². The lowest BCUT2D eigenvalue weighted by Crippen LogP contribution is -2.40. The molecule has 22 heavy (non-hydrogen) atoms. The van der Waals surface area contributed by atoms with Crippen molar-refractivity contribution < 1.29 is 19.4 Å². The highest BCUT2D eigenvalue weighted by atomic mass is 16.5. The number of rotatable bonds is 6. The molecule has 1 saturated heterocycles. The van der Waals surface area contributed by atoms with Gasteiger partial charge in [-0.05, 0) is 5.92 Å². The van der Waals surface area contributed by atoms with Gasteiger partial charge in [-0.15, -0.1) is 5.10 Å². The van der Waals surface area contributed by atoms with E-state index < -0.39 is 5.97 Å². The van der Waals surface area contributed by atoms with E-state index in [9.17, 15) is 9.59 Å². The Morgan fingerprint density at radius 2 is 2.27 bits per heavy atom. The number of ether oxygens (including phenoxy) is 1. The maximum atomic E-state index is 12.1. The summed E-state index contributed by atoms with van der Waals surface area (Å²) in [6, 6.07) is -0.209. The van der Waals surface area contributed by atoms with Crippen LogP contribution in [0.1, 0.15) is 18.0 Å². The Hall–Kier alpha value is -2.16. The standard InChI is InChI=1S/C13H21N5O4/c1-17-8-11(15-16-17)10-7-18(6-9(10)5-12(19)20)13(21)14-3-4-22-2/h8-10H,3-7H2,1-2H3,(H,14,21)(H,19,20)/t9-,10+/m0/s1. The maximum absolute atomic E-state index is 12.1. The zero-order valence-corrected chi connectivity index (χ0v) is 12.7. The Bertz CT molecular complexity index is 532. The van der Waals surface area contributed by atoms with Crippen molar-refractivity contribution in [3.05, 3.63) is 11.9 Å². The van der Waals surface area contributed by atoms with Gasteiger partial charge >= 0.3 is 12.0 Å². The zero-order valence-electron chi connectivity index (χ0n) is 12.7. The quantitative estimate of drug-likeness (QED) is 0.696. The maximum Gasteiger partial charge on any atom is 0.317 e. The minimum atomic E-state index is -0.875. The van der Waals surface area contributed by atoms with Gasteiger partial charge in [0.05, 0.1) is 18.7 Å². The number of carbonyl (C=O) groups is 2. The van der Waals surface area contributed by atoms with Crippen molar-refractivity contribution in [1.82, 2.24) is 25.2 Å². The van der Waals surface area contributed by atoms with Crippen molar-refractivity contribution >= 4 is 12.0 Å². The van der Waals surface area contributed by atoms with E-state index in [2.05, 4.69) is 15.6 Å². The number of carbonyl (C=O) groups excluding carboxylic acids is 1. The number of aliphatic carboxylic acids is 1. The summed E-state index contributed by atoms with van der Waals surface area (Å²) in [6.07, 6.45) is 1.77. The molecule has 1 aromatic heterocycles. The zero-order chi connectivity index (χ0) is 16.1. The molecule has 2 rings (SSSR count). The van der Waals surface area contributed by atoms with Crippen molar-refractivity contribution in [2.75, 3.05) is 33.4 Å². The molecule has 0 saturated carbocycles. The van der Waals surface area contributed by atoms with Crippen LogP contribution in [-0.2, 0) is 16.6 Å². The summed E-state index contributed by atoms with van der Waals surface area (Å²) in [4.78, 5) is 24.8. The second-order valence-electron chi connectivity index (χ2n) is 5.41. The average molecular weight is 311 g/mol. The van der Waals surface area contributed by atoms with Crippen molar-refractivity contribution in [3.63, 3.8) is 0 Å². The van der Waals surface area contributed by atoms with Crippen LogP contribution >= 0.6 is 0 Å². The lowest BCUT2D eigenvalue weighted by Gasteiger charge is -2.16. The fourth-order valence-electron chi connectivity index (χ4n) is 2.71. The van der Waals surface area contributed by atoms with Crippen LogP contribution in [0.2, 0.25) is 0 Å². The molecule has 2 amide bonds. The summed E-state index contributed by atoms with van der Waals surface area (Å²) in [5, 5.41) is 19.8. The number of methoxy groups -OCH3 is 1. The van der Waals surface area contributed by atoms with Crippen LogP contribution in [0.25, 0.3) is 0 Å². The lowest BCUT2D eigenvalue weighted by atomic mass is 9.91.